The molecule has 1 aliphatic rings. The van der Waals surface area contributed by atoms with Gasteiger partial charge in [-0.2, -0.15) is 13.2 Å². The first-order valence-corrected chi connectivity index (χ1v) is 7.02. The Kier molecular flexibility index (Phi) is 4.76. The van der Waals surface area contributed by atoms with E-state index in [1.54, 1.807) is 0 Å². The number of nitrogens with one attached hydrogen (secondary N) is 1. The number of alkyl halides is 3. The van der Waals surface area contributed by atoms with Crippen molar-refractivity contribution in [3.63, 3.8) is 0 Å². The van der Waals surface area contributed by atoms with Gasteiger partial charge in [0.25, 0.3) is 0 Å². The number of urea groups is 1. The van der Waals surface area contributed by atoms with Crippen LogP contribution in [0.25, 0.3) is 0 Å². The van der Waals surface area contributed by atoms with Crippen LogP contribution in [0.4, 0.5) is 23.7 Å². The summed E-state index contributed by atoms with van der Waals surface area (Å²) >= 11 is 0. The molecule has 0 spiro atoms. The van der Waals surface area contributed by atoms with Gasteiger partial charge in [0.1, 0.15) is 5.69 Å². The number of carbonyl (C=O) groups excluding carboxylic acids is 1. The lowest BCUT2D eigenvalue weighted by Gasteiger charge is -2.30. The SMILES string of the molecule is Cc1nc(C(F)(F)F)ccc1NC(=O)N1CCCC(C(=O)O)C1. The van der Waals surface area contributed by atoms with E-state index in [2.05, 4.69) is 10.3 Å². The number of halogens is 3. The molecule has 2 amide bonds. The third-order valence-corrected chi connectivity index (χ3v) is 3.68. The zero-order chi connectivity index (χ0) is 17.2. The molecule has 0 aliphatic carbocycles. The quantitative estimate of drug-likeness (QED) is 0.873. The van der Waals surface area contributed by atoms with Gasteiger partial charge in [-0.15, -0.1) is 0 Å². The first kappa shape index (κ1) is 17.0. The lowest BCUT2D eigenvalue weighted by molar-refractivity contribution is -0.143. The van der Waals surface area contributed by atoms with Gasteiger partial charge in [0, 0.05) is 13.1 Å². The summed E-state index contributed by atoms with van der Waals surface area (Å²) in [6.07, 6.45) is -3.48. The Labute approximate surface area is 130 Å². The van der Waals surface area contributed by atoms with Crippen molar-refractivity contribution in [2.45, 2.75) is 25.9 Å². The van der Waals surface area contributed by atoms with E-state index in [1.807, 2.05) is 0 Å². The second-order valence-corrected chi connectivity index (χ2v) is 5.38. The number of carbonyl (C=O) groups is 2. The van der Waals surface area contributed by atoms with Crippen LogP contribution in [0.3, 0.4) is 0 Å². The van der Waals surface area contributed by atoms with E-state index in [0.29, 0.717) is 19.4 Å². The van der Waals surface area contributed by atoms with Crippen molar-refractivity contribution in [3.05, 3.63) is 23.5 Å². The van der Waals surface area contributed by atoms with Crippen LogP contribution in [0.2, 0.25) is 0 Å². The zero-order valence-electron chi connectivity index (χ0n) is 12.4. The summed E-state index contributed by atoms with van der Waals surface area (Å²) in [5.41, 5.74) is -0.822. The summed E-state index contributed by atoms with van der Waals surface area (Å²) in [6.45, 7) is 1.85. The van der Waals surface area contributed by atoms with Gasteiger partial charge in [-0.1, -0.05) is 0 Å². The number of amides is 2. The molecular weight excluding hydrogens is 315 g/mol. The van der Waals surface area contributed by atoms with Crippen LogP contribution < -0.4 is 5.32 Å². The summed E-state index contributed by atoms with van der Waals surface area (Å²) in [6, 6.07) is 1.39. The van der Waals surface area contributed by atoms with E-state index in [4.69, 9.17) is 5.11 Å². The number of carboxylic acid groups (broad SMARTS) is 1. The van der Waals surface area contributed by atoms with Crippen LogP contribution in [-0.4, -0.2) is 40.1 Å². The molecule has 1 aliphatic heterocycles. The van der Waals surface area contributed by atoms with Crippen LogP contribution >= 0.6 is 0 Å². The summed E-state index contributed by atoms with van der Waals surface area (Å²) in [5, 5.41) is 11.5. The molecule has 1 fully saturated rings. The fourth-order valence-electron chi connectivity index (χ4n) is 2.41. The summed E-state index contributed by atoms with van der Waals surface area (Å²) in [5.74, 6) is -1.59. The van der Waals surface area contributed by atoms with Gasteiger partial charge in [0.2, 0.25) is 0 Å². The zero-order valence-corrected chi connectivity index (χ0v) is 12.4. The monoisotopic (exact) mass is 331 g/mol. The van der Waals surface area contributed by atoms with Gasteiger partial charge in [0.05, 0.1) is 17.3 Å². The smallest absolute Gasteiger partial charge is 0.433 e. The number of aromatic nitrogens is 1. The molecule has 0 aromatic carbocycles. The highest BCUT2D eigenvalue weighted by atomic mass is 19.4. The summed E-state index contributed by atoms with van der Waals surface area (Å²) < 4.78 is 37.7. The summed E-state index contributed by atoms with van der Waals surface area (Å²) in [4.78, 5) is 27.9. The number of piperidine rings is 1. The van der Waals surface area contributed by atoms with Crippen molar-refractivity contribution in [2.24, 2.45) is 5.92 Å². The molecule has 1 aromatic rings. The number of aliphatic carboxylic acids is 1. The van der Waals surface area contributed by atoms with Crippen molar-refractivity contribution in [1.82, 2.24) is 9.88 Å². The highest BCUT2D eigenvalue weighted by Crippen LogP contribution is 2.29. The maximum Gasteiger partial charge on any atom is 0.433 e. The summed E-state index contributed by atoms with van der Waals surface area (Å²) in [7, 11) is 0. The molecule has 6 nitrogen and oxygen atoms in total. The van der Waals surface area contributed by atoms with Crippen molar-refractivity contribution in [2.75, 3.05) is 18.4 Å². The van der Waals surface area contributed by atoms with Crippen molar-refractivity contribution < 1.29 is 27.9 Å². The van der Waals surface area contributed by atoms with Crippen LogP contribution in [0.1, 0.15) is 24.2 Å². The largest absolute Gasteiger partial charge is 0.481 e. The predicted molar refractivity (Wildman–Crippen MR) is 74.9 cm³/mol. The standard InChI is InChI=1S/C14H16F3N3O3/c1-8-10(4-5-11(18-8)14(15,16)17)19-13(23)20-6-2-3-9(7-20)12(21)22/h4-5,9H,2-3,6-7H2,1H3,(H,19,23)(H,21,22). The molecule has 2 N–H and O–H groups in total. The number of carboxylic acids is 1. The first-order chi connectivity index (χ1) is 10.7. The molecular formula is C14H16F3N3O3. The minimum atomic E-state index is -4.55. The second-order valence-electron chi connectivity index (χ2n) is 5.38. The van der Waals surface area contributed by atoms with Gasteiger partial charge in [0.15, 0.2) is 0 Å². The molecule has 23 heavy (non-hydrogen) atoms. The van der Waals surface area contributed by atoms with E-state index in [1.165, 1.54) is 11.8 Å². The molecule has 2 heterocycles. The highest BCUT2D eigenvalue weighted by Gasteiger charge is 2.33. The van der Waals surface area contributed by atoms with Crippen molar-refractivity contribution >= 4 is 17.7 Å². The van der Waals surface area contributed by atoms with Crippen molar-refractivity contribution in [3.8, 4) is 0 Å². The Balaban J connectivity index is 2.07. The maximum absolute atomic E-state index is 12.6. The Morgan fingerprint density at radius 2 is 2.09 bits per heavy atom. The lowest BCUT2D eigenvalue weighted by atomic mass is 9.99. The van der Waals surface area contributed by atoms with Gasteiger partial charge < -0.3 is 15.3 Å². The Bertz CT molecular complexity index is 619. The van der Waals surface area contributed by atoms with Gasteiger partial charge in [-0.3, -0.25) is 4.79 Å². The Hall–Kier alpha value is -2.32. The van der Waals surface area contributed by atoms with Crippen LogP contribution in [-0.2, 0) is 11.0 Å². The second kappa shape index (κ2) is 6.43. The van der Waals surface area contributed by atoms with Gasteiger partial charge >= 0.3 is 18.2 Å². The molecule has 1 atom stereocenters. The fraction of sp³-hybridized carbons (Fsp3) is 0.500. The number of rotatable bonds is 2. The third-order valence-electron chi connectivity index (χ3n) is 3.68. The van der Waals surface area contributed by atoms with E-state index in [0.717, 1.165) is 12.1 Å². The lowest BCUT2D eigenvalue weighted by Crippen LogP contribution is -2.44. The number of aryl methyl sites for hydroxylation is 1. The topological polar surface area (TPSA) is 82.5 Å². The Morgan fingerprint density at radius 1 is 1.39 bits per heavy atom. The average Bonchev–Trinajstić information content (AvgIpc) is 2.48. The maximum atomic E-state index is 12.6. The number of anilines is 1. The number of hydrogen-bond acceptors (Lipinski definition) is 3. The van der Waals surface area contributed by atoms with E-state index in [-0.39, 0.29) is 17.9 Å². The minimum Gasteiger partial charge on any atom is -0.481 e. The van der Waals surface area contributed by atoms with Crippen LogP contribution in [0.5, 0.6) is 0 Å². The molecule has 1 aromatic heterocycles. The van der Waals surface area contributed by atoms with Crippen LogP contribution in [0, 0.1) is 12.8 Å². The molecule has 2 rings (SSSR count). The first-order valence-electron chi connectivity index (χ1n) is 7.02. The van der Waals surface area contributed by atoms with E-state index < -0.39 is 29.8 Å². The van der Waals surface area contributed by atoms with Crippen molar-refractivity contribution in [1.29, 1.82) is 0 Å². The normalized spacial score (nSPS) is 18.6. The number of pyridine rings is 1. The van der Waals surface area contributed by atoms with E-state index >= 15 is 0 Å². The molecule has 9 heteroatoms. The number of likely N-dealkylation sites (tertiary alicyclic amines) is 1. The predicted octanol–water partition coefficient (Wildman–Crippen LogP) is 2.74. The molecule has 0 saturated carbocycles. The molecule has 0 bridgehead atoms. The van der Waals surface area contributed by atoms with E-state index in [9.17, 15) is 22.8 Å². The molecule has 1 unspecified atom stereocenters. The number of hydrogen-bond donors (Lipinski definition) is 2. The fourth-order valence-corrected chi connectivity index (χ4v) is 2.41. The van der Waals surface area contributed by atoms with Gasteiger partial charge in [-0.25, -0.2) is 9.78 Å². The molecule has 126 valence electrons. The minimum absolute atomic E-state index is 0.0416. The molecule has 0 radical (unpaired) electrons. The third kappa shape index (κ3) is 4.11. The average molecular weight is 331 g/mol. The number of nitrogens with zero attached hydrogens (tertiary/aromatic N) is 2. The van der Waals surface area contributed by atoms with Crippen LogP contribution in [0.15, 0.2) is 12.1 Å². The highest BCUT2D eigenvalue weighted by molar-refractivity contribution is 5.90. The Morgan fingerprint density at radius 3 is 2.65 bits per heavy atom. The molecule has 1 saturated heterocycles. The van der Waals surface area contributed by atoms with Gasteiger partial charge in [-0.05, 0) is 31.9 Å².